The van der Waals surface area contributed by atoms with E-state index in [0.717, 1.165) is 24.0 Å². The van der Waals surface area contributed by atoms with Gasteiger partial charge in [0, 0.05) is 13.2 Å². The largest absolute Gasteiger partial charge is 0.479 e. The number of amides is 1. The van der Waals surface area contributed by atoms with Crippen LogP contribution in [-0.2, 0) is 20.7 Å². The Balaban J connectivity index is 1.88. The van der Waals surface area contributed by atoms with Crippen LogP contribution in [0, 0.1) is 5.92 Å². The molecule has 2 aliphatic heterocycles. The fourth-order valence-electron chi connectivity index (χ4n) is 3.24. The molecule has 1 fully saturated rings. The average molecular weight is 289 g/mol. The number of carbonyl (C=O) groups excluding carboxylic acids is 1. The van der Waals surface area contributed by atoms with Gasteiger partial charge < -0.3 is 14.7 Å². The number of fused-ring (bicyclic) bond motifs is 1. The number of carboxylic acids is 1. The van der Waals surface area contributed by atoms with E-state index in [0.29, 0.717) is 26.2 Å². The Morgan fingerprint density at radius 3 is 2.81 bits per heavy atom. The number of benzene rings is 1. The van der Waals surface area contributed by atoms with E-state index in [9.17, 15) is 14.7 Å². The van der Waals surface area contributed by atoms with Gasteiger partial charge in [-0.2, -0.15) is 0 Å². The minimum absolute atomic E-state index is 0.0865. The molecule has 1 N–H and O–H groups in total. The van der Waals surface area contributed by atoms with Crippen molar-refractivity contribution in [3.05, 3.63) is 35.4 Å². The molecule has 2 atom stereocenters. The number of hydrogen-bond donors (Lipinski definition) is 1. The van der Waals surface area contributed by atoms with Gasteiger partial charge in [0.1, 0.15) is 0 Å². The molecule has 2 heterocycles. The molecule has 0 bridgehead atoms. The summed E-state index contributed by atoms with van der Waals surface area (Å²) in [5, 5.41) is 9.58. The van der Waals surface area contributed by atoms with Crippen molar-refractivity contribution >= 4 is 11.9 Å². The van der Waals surface area contributed by atoms with E-state index in [1.807, 2.05) is 24.3 Å². The highest BCUT2D eigenvalue weighted by Gasteiger charge is 2.38. The number of rotatable bonds is 2. The number of carboxylic acid groups (broad SMARTS) is 1. The summed E-state index contributed by atoms with van der Waals surface area (Å²) in [6, 6.07) is 6.61. The van der Waals surface area contributed by atoms with Gasteiger partial charge in [0.25, 0.3) is 0 Å². The van der Waals surface area contributed by atoms with Gasteiger partial charge in [-0.05, 0) is 30.4 Å². The molecule has 5 nitrogen and oxygen atoms in total. The van der Waals surface area contributed by atoms with Gasteiger partial charge in [-0.15, -0.1) is 0 Å². The molecule has 5 heteroatoms. The first-order chi connectivity index (χ1) is 10.2. The van der Waals surface area contributed by atoms with Crippen LogP contribution in [0.1, 0.15) is 30.0 Å². The predicted molar refractivity (Wildman–Crippen MR) is 75.8 cm³/mol. The van der Waals surface area contributed by atoms with Crippen molar-refractivity contribution in [2.24, 2.45) is 5.92 Å². The first-order valence-corrected chi connectivity index (χ1v) is 7.37. The summed E-state index contributed by atoms with van der Waals surface area (Å²) in [6.07, 6.45) is 2.35. The molecule has 0 radical (unpaired) electrons. The zero-order valence-corrected chi connectivity index (χ0v) is 11.8. The van der Waals surface area contributed by atoms with Gasteiger partial charge in [0.05, 0.1) is 12.5 Å². The third kappa shape index (κ3) is 2.65. The molecule has 1 aromatic carbocycles. The second-order valence-electron chi connectivity index (χ2n) is 5.64. The molecule has 0 spiro atoms. The van der Waals surface area contributed by atoms with E-state index in [1.54, 1.807) is 0 Å². The first-order valence-electron chi connectivity index (χ1n) is 7.37. The van der Waals surface area contributed by atoms with Gasteiger partial charge >= 0.3 is 5.97 Å². The van der Waals surface area contributed by atoms with Crippen LogP contribution in [0.25, 0.3) is 0 Å². The average Bonchev–Trinajstić information content (AvgIpc) is 2.53. The van der Waals surface area contributed by atoms with E-state index in [1.165, 1.54) is 4.90 Å². The van der Waals surface area contributed by atoms with E-state index in [2.05, 4.69) is 0 Å². The summed E-state index contributed by atoms with van der Waals surface area (Å²) < 4.78 is 5.36. The zero-order chi connectivity index (χ0) is 14.8. The highest BCUT2D eigenvalue weighted by Crippen LogP contribution is 2.32. The second kappa shape index (κ2) is 5.85. The first kappa shape index (κ1) is 14.1. The molecule has 0 saturated carbocycles. The quantitative estimate of drug-likeness (QED) is 0.898. The topological polar surface area (TPSA) is 66.8 Å². The van der Waals surface area contributed by atoms with Crippen LogP contribution in [0.4, 0.5) is 0 Å². The summed E-state index contributed by atoms with van der Waals surface area (Å²) >= 11 is 0. The van der Waals surface area contributed by atoms with Crippen LogP contribution in [0.15, 0.2) is 24.3 Å². The van der Waals surface area contributed by atoms with Crippen LogP contribution in [-0.4, -0.2) is 41.6 Å². The molecule has 0 aromatic heterocycles. The highest BCUT2D eigenvalue weighted by molar-refractivity contribution is 5.87. The minimum atomic E-state index is -0.966. The molecular weight excluding hydrogens is 270 g/mol. The van der Waals surface area contributed by atoms with Gasteiger partial charge in [0.15, 0.2) is 6.04 Å². The minimum Gasteiger partial charge on any atom is -0.479 e. The third-order valence-corrected chi connectivity index (χ3v) is 4.31. The maximum absolute atomic E-state index is 12.7. The molecule has 3 rings (SSSR count). The molecule has 1 saturated heterocycles. The number of nitrogens with zero attached hydrogens (tertiary/aromatic N) is 1. The van der Waals surface area contributed by atoms with Crippen molar-refractivity contribution in [1.82, 2.24) is 4.90 Å². The van der Waals surface area contributed by atoms with Gasteiger partial charge in [-0.1, -0.05) is 24.3 Å². The summed E-state index contributed by atoms with van der Waals surface area (Å²) in [5.74, 6) is -1.25. The van der Waals surface area contributed by atoms with Crippen molar-refractivity contribution in [2.75, 3.05) is 19.8 Å². The van der Waals surface area contributed by atoms with Crippen LogP contribution in [0.2, 0.25) is 0 Å². The Morgan fingerprint density at radius 2 is 2.10 bits per heavy atom. The predicted octanol–water partition coefficient (Wildman–Crippen LogP) is 1.62. The Morgan fingerprint density at radius 1 is 1.29 bits per heavy atom. The molecule has 1 aromatic rings. The lowest BCUT2D eigenvalue weighted by molar-refractivity contribution is -0.155. The van der Waals surface area contributed by atoms with Crippen LogP contribution in [0.3, 0.4) is 0 Å². The number of ether oxygens (including phenoxy) is 1. The summed E-state index contributed by atoms with van der Waals surface area (Å²) in [4.78, 5) is 25.9. The summed E-state index contributed by atoms with van der Waals surface area (Å²) in [6.45, 7) is 1.56. The molecule has 112 valence electrons. The maximum atomic E-state index is 12.7. The Labute approximate surface area is 123 Å². The van der Waals surface area contributed by atoms with Crippen molar-refractivity contribution in [3.63, 3.8) is 0 Å². The molecule has 0 aliphatic carbocycles. The van der Waals surface area contributed by atoms with E-state index >= 15 is 0 Å². The standard InChI is InChI=1S/C16H19NO4/c18-15(12-5-3-9-21-10-12)17-8-7-11-4-1-2-6-13(11)14(17)16(19)20/h1-2,4,6,12,14H,3,5,7-10H2,(H,19,20). The van der Waals surface area contributed by atoms with Crippen molar-refractivity contribution in [1.29, 1.82) is 0 Å². The number of carbonyl (C=O) groups is 2. The van der Waals surface area contributed by atoms with Crippen LogP contribution in [0.5, 0.6) is 0 Å². The monoisotopic (exact) mass is 289 g/mol. The van der Waals surface area contributed by atoms with Crippen molar-refractivity contribution in [3.8, 4) is 0 Å². The number of hydrogen-bond acceptors (Lipinski definition) is 3. The highest BCUT2D eigenvalue weighted by atomic mass is 16.5. The Hall–Kier alpha value is -1.88. The molecule has 2 unspecified atom stereocenters. The fraction of sp³-hybridized carbons (Fsp3) is 0.500. The molecule has 1 amide bonds. The van der Waals surface area contributed by atoms with Crippen LogP contribution >= 0.6 is 0 Å². The SMILES string of the molecule is O=C(O)C1c2ccccc2CCN1C(=O)C1CCCOC1. The van der Waals surface area contributed by atoms with Gasteiger partial charge in [-0.25, -0.2) is 4.79 Å². The van der Waals surface area contributed by atoms with Crippen molar-refractivity contribution < 1.29 is 19.4 Å². The van der Waals surface area contributed by atoms with E-state index in [4.69, 9.17) is 4.74 Å². The maximum Gasteiger partial charge on any atom is 0.331 e. The Kier molecular flexibility index (Phi) is 3.92. The third-order valence-electron chi connectivity index (χ3n) is 4.31. The molecular formula is C16H19NO4. The lowest BCUT2D eigenvalue weighted by Gasteiger charge is -2.37. The Bertz CT molecular complexity index is 551. The van der Waals surface area contributed by atoms with E-state index in [-0.39, 0.29) is 11.8 Å². The fourth-order valence-corrected chi connectivity index (χ4v) is 3.24. The molecule has 21 heavy (non-hydrogen) atoms. The van der Waals surface area contributed by atoms with Gasteiger partial charge in [0.2, 0.25) is 5.91 Å². The zero-order valence-electron chi connectivity index (χ0n) is 11.8. The molecule has 2 aliphatic rings. The second-order valence-corrected chi connectivity index (χ2v) is 5.64. The van der Waals surface area contributed by atoms with E-state index < -0.39 is 12.0 Å². The normalized spacial score (nSPS) is 25.2. The number of aliphatic carboxylic acids is 1. The smallest absolute Gasteiger partial charge is 0.331 e. The van der Waals surface area contributed by atoms with Crippen molar-refractivity contribution in [2.45, 2.75) is 25.3 Å². The van der Waals surface area contributed by atoms with Gasteiger partial charge in [-0.3, -0.25) is 4.79 Å². The lowest BCUT2D eigenvalue weighted by Crippen LogP contribution is -2.47. The van der Waals surface area contributed by atoms with Crippen LogP contribution < -0.4 is 0 Å². The summed E-state index contributed by atoms with van der Waals surface area (Å²) in [5.41, 5.74) is 1.76. The summed E-state index contributed by atoms with van der Waals surface area (Å²) in [7, 11) is 0. The lowest BCUT2D eigenvalue weighted by atomic mass is 9.90.